The molecule has 1 aromatic carbocycles. The van der Waals surface area contributed by atoms with Gasteiger partial charge in [0.05, 0.1) is 13.2 Å². The summed E-state index contributed by atoms with van der Waals surface area (Å²) in [7, 11) is 0. The number of nitrogens with one attached hydrogen (secondary N) is 1. The lowest BCUT2D eigenvalue weighted by atomic mass is 10.2. The molecule has 0 amide bonds. The Balaban J connectivity index is 1.69. The minimum atomic E-state index is -0.366. The molecule has 23 heavy (non-hydrogen) atoms. The van der Waals surface area contributed by atoms with Crippen LogP contribution in [0.3, 0.4) is 0 Å². The maximum Gasteiger partial charge on any atom is 0.166 e. The predicted octanol–water partition coefficient (Wildman–Crippen LogP) is 3.34. The molecule has 3 heterocycles. The van der Waals surface area contributed by atoms with E-state index in [4.69, 9.17) is 4.74 Å². The van der Waals surface area contributed by atoms with Crippen LogP contribution in [0.25, 0.3) is 22.2 Å². The first kappa shape index (κ1) is 14.1. The highest BCUT2D eigenvalue weighted by Crippen LogP contribution is 2.27. The Morgan fingerprint density at radius 1 is 1.09 bits per heavy atom. The molecule has 1 saturated heterocycles. The SMILES string of the molecule is Fc1ccc2cc(-c3cnc(N4CCOCC4)c(F)c3)[nH]c2c1. The van der Waals surface area contributed by atoms with Crippen molar-refractivity contribution in [2.75, 3.05) is 31.2 Å². The normalized spacial score (nSPS) is 15.3. The lowest BCUT2D eigenvalue weighted by Gasteiger charge is -2.28. The van der Waals surface area contributed by atoms with E-state index in [1.807, 2.05) is 11.0 Å². The van der Waals surface area contributed by atoms with Crippen LogP contribution in [0.4, 0.5) is 14.6 Å². The second-order valence-electron chi connectivity index (χ2n) is 5.54. The Morgan fingerprint density at radius 2 is 1.91 bits per heavy atom. The molecule has 1 fully saturated rings. The van der Waals surface area contributed by atoms with Gasteiger partial charge in [0.15, 0.2) is 11.6 Å². The fourth-order valence-electron chi connectivity index (χ4n) is 2.84. The van der Waals surface area contributed by atoms with Crippen molar-refractivity contribution in [1.29, 1.82) is 0 Å². The molecule has 4 nitrogen and oxygen atoms in total. The van der Waals surface area contributed by atoms with E-state index in [1.165, 1.54) is 18.2 Å². The zero-order valence-electron chi connectivity index (χ0n) is 12.4. The summed E-state index contributed by atoms with van der Waals surface area (Å²) in [6.07, 6.45) is 1.63. The molecule has 0 atom stereocenters. The minimum Gasteiger partial charge on any atom is -0.378 e. The van der Waals surface area contributed by atoms with Crippen LogP contribution in [-0.4, -0.2) is 36.3 Å². The van der Waals surface area contributed by atoms with E-state index in [-0.39, 0.29) is 11.6 Å². The molecule has 1 aliphatic rings. The fraction of sp³-hybridized carbons (Fsp3) is 0.235. The highest BCUT2D eigenvalue weighted by atomic mass is 19.1. The number of hydrogen-bond acceptors (Lipinski definition) is 3. The second-order valence-corrected chi connectivity index (χ2v) is 5.54. The summed E-state index contributed by atoms with van der Waals surface area (Å²) in [6.45, 7) is 2.43. The number of halogens is 2. The Bertz CT molecular complexity index is 856. The van der Waals surface area contributed by atoms with Gasteiger partial charge in [0.25, 0.3) is 0 Å². The molecule has 0 radical (unpaired) electrons. The first-order chi connectivity index (χ1) is 11.2. The van der Waals surface area contributed by atoms with Crippen LogP contribution < -0.4 is 4.90 Å². The quantitative estimate of drug-likeness (QED) is 0.788. The van der Waals surface area contributed by atoms with Crippen molar-refractivity contribution in [1.82, 2.24) is 9.97 Å². The fourth-order valence-corrected chi connectivity index (χ4v) is 2.84. The van der Waals surface area contributed by atoms with Gasteiger partial charge in [0.1, 0.15) is 5.82 Å². The van der Waals surface area contributed by atoms with Crippen LogP contribution in [0.2, 0.25) is 0 Å². The van der Waals surface area contributed by atoms with Gasteiger partial charge >= 0.3 is 0 Å². The molecule has 0 spiro atoms. The van der Waals surface area contributed by atoms with E-state index >= 15 is 0 Å². The third-order valence-electron chi connectivity index (χ3n) is 4.03. The molecule has 0 bridgehead atoms. The maximum absolute atomic E-state index is 14.4. The van der Waals surface area contributed by atoms with Crippen LogP contribution in [0.5, 0.6) is 0 Å². The van der Waals surface area contributed by atoms with Gasteiger partial charge in [0, 0.05) is 41.4 Å². The summed E-state index contributed by atoms with van der Waals surface area (Å²) >= 11 is 0. The number of rotatable bonds is 2. The van der Waals surface area contributed by atoms with Crippen molar-refractivity contribution in [3.63, 3.8) is 0 Å². The number of benzene rings is 1. The number of aromatic amines is 1. The van der Waals surface area contributed by atoms with Crippen molar-refractivity contribution in [3.8, 4) is 11.3 Å². The smallest absolute Gasteiger partial charge is 0.166 e. The molecule has 0 saturated carbocycles. The summed E-state index contributed by atoms with van der Waals surface area (Å²) in [6, 6.07) is 7.83. The summed E-state index contributed by atoms with van der Waals surface area (Å²) < 4.78 is 33.0. The number of anilines is 1. The van der Waals surface area contributed by atoms with Gasteiger partial charge in [-0.3, -0.25) is 0 Å². The molecule has 0 unspecified atom stereocenters. The lowest BCUT2D eigenvalue weighted by molar-refractivity contribution is 0.122. The van der Waals surface area contributed by atoms with Crippen LogP contribution in [0.15, 0.2) is 36.5 Å². The number of ether oxygens (including phenoxy) is 1. The van der Waals surface area contributed by atoms with Gasteiger partial charge in [-0.15, -0.1) is 0 Å². The molecular formula is C17H15F2N3O. The van der Waals surface area contributed by atoms with E-state index in [9.17, 15) is 8.78 Å². The standard InChI is InChI=1S/C17H15F2N3O/c18-13-2-1-11-8-15(21-16(11)9-13)12-7-14(19)17(20-10-12)22-3-5-23-6-4-22/h1-2,7-10,21H,3-6H2. The van der Waals surface area contributed by atoms with Crippen LogP contribution in [0, 0.1) is 11.6 Å². The third kappa shape index (κ3) is 2.66. The second kappa shape index (κ2) is 5.62. The van der Waals surface area contributed by atoms with E-state index in [0.717, 1.165) is 5.39 Å². The number of pyridine rings is 1. The minimum absolute atomic E-state index is 0.308. The lowest BCUT2D eigenvalue weighted by Crippen LogP contribution is -2.37. The Labute approximate surface area is 131 Å². The van der Waals surface area contributed by atoms with Crippen molar-refractivity contribution >= 4 is 16.7 Å². The Hall–Kier alpha value is -2.47. The van der Waals surface area contributed by atoms with Crippen LogP contribution >= 0.6 is 0 Å². The molecule has 0 aliphatic carbocycles. The summed E-state index contributed by atoms with van der Waals surface area (Å²) in [4.78, 5) is 9.24. The first-order valence-electron chi connectivity index (χ1n) is 7.47. The first-order valence-corrected chi connectivity index (χ1v) is 7.47. The van der Waals surface area contributed by atoms with Crippen LogP contribution in [0.1, 0.15) is 0 Å². The summed E-state index contributed by atoms with van der Waals surface area (Å²) in [5, 5.41) is 0.874. The maximum atomic E-state index is 14.4. The highest BCUT2D eigenvalue weighted by molar-refractivity contribution is 5.85. The summed E-state index contributed by atoms with van der Waals surface area (Å²) in [5.74, 6) is -0.327. The van der Waals surface area contributed by atoms with Crippen molar-refractivity contribution in [3.05, 3.63) is 48.2 Å². The number of fused-ring (bicyclic) bond motifs is 1. The number of H-pyrrole nitrogens is 1. The number of aromatic nitrogens is 2. The van der Waals surface area contributed by atoms with Gasteiger partial charge in [-0.1, -0.05) is 0 Å². The van der Waals surface area contributed by atoms with Gasteiger partial charge in [-0.2, -0.15) is 0 Å². The molecular weight excluding hydrogens is 300 g/mol. The van der Waals surface area contributed by atoms with Gasteiger partial charge in [-0.05, 0) is 30.3 Å². The predicted molar refractivity (Wildman–Crippen MR) is 84.5 cm³/mol. The van der Waals surface area contributed by atoms with E-state index in [0.29, 0.717) is 48.9 Å². The highest BCUT2D eigenvalue weighted by Gasteiger charge is 2.17. The third-order valence-corrected chi connectivity index (χ3v) is 4.03. The number of nitrogens with zero attached hydrogens (tertiary/aromatic N) is 2. The monoisotopic (exact) mass is 315 g/mol. The summed E-state index contributed by atoms with van der Waals surface area (Å²) in [5.41, 5.74) is 2.03. The molecule has 1 aliphatic heterocycles. The van der Waals surface area contributed by atoms with Crippen LogP contribution in [-0.2, 0) is 4.74 Å². The number of hydrogen-bond donors (Lipinski definition) is 1. The van der Waals surface area contributed by atoms with Gasteiger partial charge < -0.3 is 14.6 Å². The van der Waals surface area contributed by atoms with E-state index < -0.39 is 0 Å². The Kier molecular flexibility index (Phi) is 3.46. The van der Waals surface area contributed by atoms with Crippen molar-refractivity contribution in [2.24, 2.45) is 0 Å². The van der Waals surface area contributed by atoms with Crippen molar-refractivity contribution in [2.45, 2.75) is 0 Å². The molecule has 4 rings (SSSR count). The van der Waals surface area contributed by atoms with Gasteiger partial charge in [0.2, 0.25) is 0 Å². The molecule has 2 aromatic heterocycles. The molecule has 118 valence electrons. The largest absolute Gasteiger partial charge is 0.378 e. The van der Waals surface area contributed by atoms with E-state index in [1.54, 1.807) is 12.3 Å². The average molecular weight is 315 g/mol. The molecule has 6 heteroatoms. The zero-order chi connectivity index (χ0) is 15.8. The van der Waals surface area contributed by atoms with Crippen molar-refractivity contribution < 1.29 is 13.5 Å². The topological polar surface area (TPSA) is 41.2 Å². The van der Waals surface area contributed by atoms with E-state index in [2.05, 4.69) is 9.97 Å². The Morgan fingerprint density at radius 3 is 2.70 bits per heavy atom. The number of morpholine rings is 1. The molecule has 1 N–H and O–H groups in total. The zero-order valence-corrected chi connectivity index (χ0v) is 12.4. The average Bonchev–Trinajstić information content (AvgIpc) is 2.98. The molecule has 3 aromatic rings. The van der Waals surface area contributed by atoms with Gasteiger partial charge in [-0.25, -0.2) is 13.8 Å².